The molecule has 0 spiro atoms. The number of carbonyl (C=O) groups is 2. The number of nitrogens with zero attached hydrogens (tertiary/aromatic N) is 4. The predicted molar refractivity (Wildman–Crippen MR) is 159 cm³/mol. The summed E-state index contributed by atoms with van der Waals surface area (Å²) in [6.07, 6.45) is -2.28. The molecule has 0 aliphatic carbocycles. The van der Waals surface area contributed by atoms with Crippen LogP contribution < -0.4 is 15.0 Å². The van der Waals surface area contributed by atoms with E-state index >= 15 is 0 Å². The number of nitrogens with one attached hydrogen (secondary N) is 1. The van der Waals surface area contributed by atoms with Gasteiger partial charge in [0, 0.05) is 38.3 Å². The van der Waals surface area contributed by atoms with Crippen LogP contribution in [0.15, 0.2) is 21.0 Å². The van der Waals surface area contributed by atoms with Gasteiger partial charge in [0.1, 0.15) is 11.2 Å². The van der Waals surface area contributed by atoms with Gasteiger partial charge in [0.15, 0.2) is 16.8 Å². The largest absolute Gasteiger partial charge is 0.573 e. The van der Waals surface area contributed by atoms with E-state index in [0.717, 1.165) is 32.4 Å². The summed E-state index contributed by atoms with van der Waals surface area (Å²) >= 11 is 3.27. The molecular weight excluding hydrogens is 651 g/mol. The SMILES string of the molecule is CC(C)(C)OC(=O)N1C2CC1CN(c1nc3c(OC(F)(F)F)ccc(Br)c3o1)C2.CC(C)(C)OC(=O)N1C2CCC1CNC2. The van der Waals surface area contributed by atoms with Crippen LogP contribution >= 0.6 is 15.9 Å². The van der Waals surface area contributed by atoms with E-state index in [9.17, 15) is 22.8 Å². The average Bonchev–Trinajstić information content (AvgIpc) is 3.43. The van der Waals surface area contributed by atoms with Crippen LogP contribution in [0.25, 0.3) is 11.1 Å². The second-order valence-corrected chi connectivity index (χ2v) is 14.4. The Hall–Kier alpha value is -2.94. The predicted octanol–water partition coefficient (Wildman–Crippen LogP) is 6.04. The molecule has 5 aliphatic heterocycles. The highest BCUT2D eigenvalue weighted by atomic mass is 79.9. The second kappa shape index (κ2) is 11.8. The monoisotopic (exact) mass is 689 g/mol. The number of ether oxygens (including phenoxy) is 3. The highest BCUT2D eigenvalue weighted by Gasteiger charge is 2.50. The van der Waals surface area contributed by atoms with Gasteiger partial charge in [0.25, 0.3) is 6.01 Å². The Morgan fingerprint density at radius 2 is 1.43 bits per heavy atom. The summed E-state index contributed by atoms with van der Waals surface area (Å²) in [6, 6.07) is 3.36. The summed E-state index contributed by atoms with van der Waals surface area (Å²) in [7, 11) is 0. The number of benzene rings is 1. The van der Waals surface area contributed by atoms with Crippen LogP contribution in [0.3, 0.4) is 0 Å². The average molecular weight is 691 g/mol. The maximum Gasteiger partial charge on any atom is 0.573 e. The molecule has 5 aliphatic rings. The van der Waals surface area contributed by atoms with Crippen molar-refractivity contribution in [3.05, 3.63) is 16.6 Å². The van der Waals surface area contributed by atoms with Crippen molar-refractivity contribution < 1.29 is 41.4 Å². The van der Waals surface area contributed by atoms with Crippen LogP contribution in [-0.2, 0) is 9.47 Å². The van der Waals surface area contributed by atoms with Crippen LogP contribution in [0.2, 0.25) is 0 Å². The standard InChI is InChI=1S/C18H19BrF3N3O4.C11H20N2O2/c1-17(2,3)29-16(26)25-9-6-10(25)8-24(7-9)15-23-13-12(28-18(20,21)22)5-4-11(19)14(13)27-15;1-11(2,3)15-10(14)13-8-4-5-9(13)7-12-6-8/h4-5,9-10H,6-8H2,1-3H3;8-9,12H,4-7H2,1-3H3. The highest BCUT2D eigenvalue weighted by molar-refractivity contribution is 9.10. The number of amides is 2. The Bertz CT molecular complexity index is 1360. The van der Waals surface area contributed by atoms with Crippen molar-refractivity contribution in [2.45, 2.75) is 103 Å². The number of halogens is 4. The molecule has 1 N–H and O–H groups in total. The molecule has 2 aromatic rings. The molecule has 6 heterocycles. The zero-order valence-electron chi connectivity index (χ0n) is 25.7. The second-order valence-electron chi connectivity index (χ2n) is 13.5. The maximum atomic E-state index is 12.7. The summed E-state index contributed by atoms with van der Waals surface area (Å²) in [6.45, 7) is 13.9. The maximum absolute atomic E-state index is 12.7. The van der Waals surface area contributed by atoms with E-state index in [1.54, 1.807) is 4.90 Å². The lowest BCUT2D eigenvalue weighted by atomic mass is 9.88. The van der Waals surface area contributed by atoms with Crippen LogP contribution in [0.5, 0.6) is 5.75 Å². The molecular formula is C29H39BrF3N5O6. The fraction of sp³-hybridized carbons (Fsp3) is 0.690. The van der Waals surface area contributed by atoms with Gasteiger partial charge < -0.3 is 28.8 Å². The van der Waals surface area contributed by atoms with Gasteiger partial charge in [0.2, 0.25) is 0 Å². The third-order valence-electron chi connectivity index (χ3n) is 7.73. The van der Waals surface area contributed by atoms with Gasteiger partial charge in [-0.05, 0) is 88.9 Å². The summed E-state index contributed by atoms with van der Waals surface area (Å²) < 4.78 is 59.1. The van der Waals surface area contributed by atoms with Crippen molar-refractivity contribution in [1.29, 1.82) is 0 Å². The smallest absolute Gasteiger partial charge is 0.444 e. The van der Waals surface area contributed by atoms with Crippen molar-refractivity contribution in [2.24, 2.45) is 0 Å². The number of hydrogen-bond donors (Lipinski definition) is 1. The third kappa shape index (κ3) is 7.30. The van der Waals surface area contributed by atoms with Gasteiger partial charge in [-0.1, -0.05) is 0 Å². The van der Waals surface area contributed by atoms with Crippen LogP contribution in [0.1, 0.15) is 60.8 Å². The van der Waals surface area contributed by atoms with Gasteiger partial charge in [-0.2, -0.15) is 4.98 Å². The fourth-order valence-corrected chi connectivity index (χ4v) is 6.45. The van der Waals surface area contributed by atoms with E-state index in [0.29, 0.717) is 29.6 Å². The number of oxazole rings is 1. The zero-order valence-corrected chi connectivity index (χ0v) is 27.3. The molecule has 2 amide bonds. The molecule has 44 heavy (non-hydrogen) atoms. The number of alkyl halides is 3. The van der Waals surface area contributed by atoms with Crippen molar-refractivity contribution in [3.63, 3.8) is 0 Å². The third-order valence-corrected chi connectivity index (χ3v) is 8.35. The van der Waals surface area contributed by atoms with Crippen molar-refractivity contribution in [2.75, 3.05) is 31.1 Å². The normalized spacial score (nSPS) is 24.8. The molecule has 11 nitrogen and oxygen atoms in total. The Morgan fingerprint density at radius 1 is 0.909 bits per heavy atom. The quantitative estimate of drug-likeness (QED) is 0.403. The van der Waals surface area contributed by atoms with E-state index in [-0.39, 0.29) is 47.0 Å². The summed E-state index contributed by atoms with van der Waals surface area (Å²) in [5.74, 6) is -0.428. The molecule has 244 valence electrons. The number of aromatic nitrogens is 1. The molecule has 1 aromatic heterocycles. The molecule has 4 bridgehead atoms. The lowest BCUT2D eigenvalue weighted by molar-refractivity contribution is -0.274. The molecule has 7 rings (SSSR count). The van der Waals surface area contributed by atoms with E-state index in [4.69, 9.17) is 13.9 Å². The number of anilines is 1. The van der Waals surface area contributed by atoms with E-state index < -0.39 is 17.7 Å². The topological polar surface area (TPSA) is 110 Å². The van der Waals surface area contributed by atoms with Gasteiger partial charge >= 0.3 is 18.5 Å². The Balaban J connectivity index is 0.000000215. The first-order chi connectivity index (χ1) is 20.4. The number of carbonyl (C=O) groups excluding carboxylic acids is 2. The van der Waals surface area contributed by atoms with Crippen molar-refractivity contribution in [1.82, 2.24) is 20.1 Å². The Kier molecular flexibility index (Phi) is 8.68. The summed E-state index contributed by atoms with van der Waals surface area (Å²) in [5, 5.41) is 3.35. The number of piperazine rings is 2. The van der Waals surface area contributed by atoms with Crippen LogP contribution in [-0.4, -0.2) is 94.9 Å². The van der Waals surface area contributed by atoms with Crippen LogP contribution in [0.4, 0.5) is 28.8 Å². The Morgan fingerprint density at radius 3 is 1.93 bits per heavy atom. The van der Waals surface area contributed by atoms with Gasteiger partial charge in [-0.15, -0.1) is 13.2 Å². The van der Waals surface area contributed by atoms with Crippen LogP contribution in [0, 0.1) is 0 Å². The highest BCUT2D eigenvalue weighted by Crippen LogP contribution is 2.40. The first-order valence-corrected chi connectivity index (χ1v) is 15.5. The van der Waals surface area contributed by atoms with E-state index in [1.807, 2.05) is 51.3 Å². The van der Waals surface area contributed by atoms with E-state index in [1.165, 1.54) is 12.1 Å². The number of piperidine rings is 1. The molecule has 5 fully saturated rings. The van der Waals surface area contributed by atoms with E-state index in [2.05, 4.69) is 31.0 Å². The molecule has 5 saturated heterocycles. The minimum absolute atomic E-state index is 0.0186. The number of rotatable bonds is 2. The molecule has 0 saturated carbocycles. The van der Waals surface area contributed by atoms with Crippen molar-refractivity contribution >= 4 is 45.2 Å². The lowest BCUT2D eigenvalue weighted by Crippen LogP contribution is -2.70. The first kappa shape index (κ1) is 32.5. The van der Waals surface area contributed by atoms with Gasteiger partial charge in [-0.3, -0.25) is 9.80 Å². The molecule has 15 heteroatoms. The fourth-order valence-electron chi connectivity index (χ4n) is 6.05. The Labute approximate surface area is 262 Å². The minimum atomic E-state index is -4.83. The number of fused-ring (bicyclic) bond motifs is 5. The summed E-state index contributed by atoms with van der Waals surface area (Å²) in [5.41, 5.74) is -0.816. The zero-order chi connectivity index (χ0) is 32.2. The van der Waals surface area contributed by atoms with Gasteiger partial charge in [0.05, 0.1) is 16.6 Å². The summed E-state index contributed by atoms with van der Waals surface area (Å²) in [4.78, 5) is 34.0. The molecule has 4 atom stereocenters. The van der Waals surface area contributed by atoms with Crippen molar-refractivity contribution in [3.8, 4) is 5.75 Å². The van der Waals surface area contributed by atoms with Gasteiger partial charge in [-0.25, -0.2) is 9.59 Å². The lowest BCUT2D eigenvalue weighted by Gasteiger charge is -2.55. The first-order valence-electron chi connectivity index (χ1n) is 14.7. The molecule has 4 unspecified atom stereocenters. The minimum Gasteiger partial charge on any atom is -0.444 e. The number of hydrogen-bond acceptors (Lipinski definition) is 9. The molecule has 1 aromatic carbocycles. The molecule has 0 radical (unpaired) electrons.